The number of halogens is 10. The molecule has 0 saturated heterocycles. The lowest BCUT2D eigenvalue weighted by Crippen LogP contribution is -2.29. The minimum absolute atomic E-state index is 3.99. The molecule has 0 aliphatic carbocycles. The van der Waals surface area contributed by atoms with E-state index in [9.17, 15) is 52.3 Å². The second kappa shape index (κ2) is 5.02. The van der Waals surface area contributed by atoms with Crippen LogP contribution in [0.25, 0.3) is 0 Å². The predicted octanol–water partition coefficient (Wildman–Crippen LogP) is 3.74. The Bertz CT molecular complexity index is 469. The van der Waals surface area contributed by atoms with Gasteiger partial charge < -0.3 is 0 Å². The van der Waals surface area contributed by atoms with Gasteiger partial charge in [0.25, 0.3) is 12.2 Å². The van der Waals surface area contributed by atoms with Crippen molar-refractivity contribution in [3.05, 3.63) is 22.0 Å². The van der Waals surface area contributed by atoms with Crippen LogP contribution in [0.5, 0.6) is 0 Å². The molecule has 0 aliphatic heterocycles. The molecule has 13 heteroatoms. The van der Waals surface area contributed by atoms with Crippen molar-refractivity contribution in [1.82, 2.24) is 0 Å². The van der Waals surface area contributed by atoms with Crippen LogP contribution in [-0.2, 0) is 9.84 Å². The van der Waals surface area contributed by atoms with Crippen LogP contribution in [0.3, 0.4) is 0 Å². The summed E-state index contributed by atoms with van der Waals surface area (Å²) in [5.74, 6) is 0. The maximum atomic E-state index is 11.9. The highest BCUT2D eigenvalue weighted by molar-refractivity contribution is 7.99. The van der Waals surface area contributed by atoms with E-state index in [0.29, 0.717) is 0 Å². The first-order valence-corrected chi connectivity index (χ1v) is 5.11. The average molecular weight is 326 g/mol. The van der Waals surface area contributed by atoms with Crippen LogP contribution in [0.4, 0.5) is 43.9 Å². The van der Waals surface area contributed by atoms with Crippen molar-refractivity contribution < 1.29 is 52.3 Å². The fourth-order valence-corrected chi connectivity index (χ4v) is 2.04. The Balaban J connectivity index is 6.47. The number of alkyl halides is 6. The Morgan fingerprint density at radius 2 is 0.842 bits per heavy atom. The summed E-state index contributed by atoms with van der Waals surface area (Å²) in [5, 5.41) is 0. The lowest BCUT2D eigenvalue weighted by molar-refractivity contribution is -0.0911. The molecule has 0 aromatic heterocycles. The van der Waals surface area contributed by atoms with Crippen LogP contribution in [0.1, 0.15) is 0 Å². The van der Waals surface area contributed by atoms with Gasteiger partial charge in [0.1, 0.15) is 0 Å². The van der Waals surface area contributed by atoms with E-state index in [4.69, 9.17) is 0 Å². The van der Waals surface area contributed by atoms with Gasteiger partial charge in [0.2, 0.25) is 19.6 Å². The predicted molar refractivity (Wildman–Crippen MR) is 39.5 cm³/mol. The van der Waals surface area contributed by atoms with E-state index in [1.165, 1.54) is 0 Å². The Morgan fingerprint density at radius 1 is 0.632 bits per heavy atom. The molecule has 0 rings (SSSR count). The van der Waals surface area contributed by atoms with Gasteiger partial charge in [-0.15, -0.1) is 0 Å². The van der Waals surface area contributed by atoms with Gasteiger partial charge >= 0.3 is 12.4 Å². The number of hydrogen-bond acceptors (Lipinski definition) is 2. The standard InChI is InChI=1S/C6F10O2S/c7-3(8)1(5(11,12)13)19(17,18)2(4(9)10)6(14,15)16. The molecule has 0 aromatic rings. The molecule has 2 nitrogen and oxygen atoms in total. The van der Waals surface area contributed by atoms with Gasteiger partial charge in [0.05, 0.1) is 0 Å². The fraction of sp³-hybridized carbons (Fsp3) is 0.333. The summed E-state index contributed by atoms with van der Waals surface area (Å²) in [6, 6.07) is 0. The van der Waals surface area contributed by atoms with Gasteiger partial charge in [-0.25, -0.2) is 8.42 Å². The van der Waals surface area contributed by atoms with Gasteiger partial charge in [0.15, 0.2) is 0 Å². The highest BCUT2D eigenvalue weighted by atomic mass is 32.2. The molecule has 0 unspecified atom stereocenters. The van der Waals surface area contributed by atoms with E-state index in [2.05, 4.69) is 0 Å². The maximum Gasteiger partial charge on any atom is 0.432 e. The van der Waals surface area contributed by atoms with Crippen molar-refractivity contribution in [3.63, 3.8) is 0 Å². The van der Waals surface area contributed by atoms with Crippen molar-refractivity contribution in [2.24, 2.45) is 0 Å². The molecule has 0 saturated carbocycles. The fourth-order valence-electron chi connectivity index (χ4n) is 0.824. The quantitative estimate of drug-likeness (QED) is 0.725. The van der Waals surface area contributed by atoms with Crippen molar-refractivity contribution in [2.45, 2.75) is 12.4 Å². The molecular formula is C6F10O2S. The first-order chi connectivity index (χ1) is 8.13. The summed E-state index contributed by atoms with van der Waals surface area (Å²) in [6.07, 6.45) is -21.1. The van der Waals surface area contributed by atoms with E-state index >= 15 is 0 Å². The molecular weight excluding hydrogens is 326 g/mol. The first-order valence-electron chi connectivity index (χ1n) is 3.63. The minimum Gasteiger partial charge on any atom is -0.218 e. The molecule has 112 valence electrons. The summed E-state index contributed by atoms with van der Waals surface area (Å²) in [6.45, 7) is 0. The van der Waals surface area contributed by atoms with E-state index in [1.54, 1.807) is 0 Å². The molecule has 0 spiro atoms. The van der Waals surface area contributed by atoms with Crippen LogP contribution < -0.4 is 0 Å². The summed E-state index contributed by atoms with van der Waals surface area (Å²) in [4.78, 5) is -7.97. The third-order valence-electron chi connectivity index (χ3n) is 1.40. The van der Waals surface area contributed by atoms with Gasteiger partial charge in [-0.05, 0) is 0 Å². The monoisotopic (exact) mass is 326 g/mol. The maximum absolute atomic E-state index is 11.9. The zero-order valence-electron chi connectivity index (χ0n) is 8.00. The number of sulfone groups is 1. The first kappa shape index (κ1) is 17.7. The Kier molecular flexibility index (Phi) is 4.68. The summed E-state index contributed by atoms with van der Waals surface area (Å²) >= 11 is 0. The molecule has 0 atom stereocenters. The van der Waals surface area contributed by atoms with Crippen molar-refractivity contribution in [2.75, 3.05) is 0 Å². The summed E-state index contributed by atoms with van der Waals surface area (Å²) in [7, 11) is -7.17. The lowest BCUT2D eigenvalue weighted by atomic mass is 10.6. The zero-order chi connectivity index (χ0) is 15.8. The van der Waals surface area contributed by atoms with Crippen molar-refractivity contribution >= 4 is 9.84 Å². The summed E-state index contributed by atoms with van der Waals surface area (Å²) < 4.78 is 140. The van der Waals surface area contributed by atoms with Crippen LogP contribution in [-0.4, -0.2) is 20.8 Å². The highest BCUT2D eigenvalue weighted by Crippen LogP contribution is 2.43. The van der Waals surface area contributed by atoms with Crippen molar-refractivity contribution in [1.29, 1.82) is 0 Å². The second-order valence-corrected chi connectivity index (χ2v) is 4.50. The number of hydrogen-bond donors (Lipinski definition) is 0. The molecule has 0 heterocycles. The zero-order valence-corrected chi connectivity index (χ0v) is 8.82. The molecule has 0 radical (unpaired) electrons. The Labute approximate surface area is 97.5 Å². The average Bonchev–Trinajstić information content (AvgIpc) is 1.90. The molecule has 0 fully saturated rings. The van der Waals surface area contributed by atoms with Crippen LogP contribution >= 0.6 is 0 Å². The third kappa shape index (κ3) is 3.84. The normalized spacial score (nSPS) is 13.2. The van der Waals surface area contributed by atoms with Gasteiger partial charge in [0, 0.05) is 0 Å². The molecule has 19 heavy (non-hydrogen) atoms. The second-order valence-electron chi connectivity index (χ2n) is 2.68. The Morgan fingerprint density at radius 3 is 0.947 bits per heavy atom. The number of rotatable bonds is 2. The smallest absolute Gasteiger partial charge is 0.218 e. The topological polar surface area (TPSA) is 34.1 Å². The van der Waals surface area contributed by atoms with Crippen LogP contribution in [0, 0.1) is 0 Å². The largest absolute Gasteiger partial charge is 0.432 e. The van der Waals surface area contributed by atoms with Gasteiger partial charge in [-0.1, -0.05) is 0 Å². The highest BCUT2D eigenvalue weighted by Gasteiger charge is 2.56. The van der Waals surface area contributed by atoms with Crippen molar-refractivity contribution in [3.8, 4) is 0 Å². The van der Waals surface area contributed by atoms with Gasteiger partial charge in [-0.3, -0.25) is 0 Å². The molecule has 0 aliphatic rings. The van der Waals surface area contributed by atoms with Gasteiger partial charge in [-0.2, -0.15) is 43.9 Å². The lowest BCUT2D eigenvalue weighted by Gasteiger charge is -2.15. The number of allylic oxidation sites excluding steroid dienone is 2. The third-order valence-corrected chi connectivity index (χ3v) is 3.24. The van der Waals surface area contributed by atoms with E-state index in [1.807, 2.05) is 0 Å². The van der Waals surface area contributed by atoms with E-state index < -0.39 is 44.2 Å². The van der Waals surface area contributed by atoms with E-state index in [-0.39, 0.29) is 0 Å². The SMILES string of the molecule is O=S(=O)(C(=C(F)F)C(F)(F)F)C(=C(F)F)C(F)(F)F. The molecule has 0 amide bonds. The Hall–Kier alpha value is -1.27. The summed E-state index contributed by atoms with van der Waals surface area (Å²) in [5.41, 5.74) is 0. The molecule has 0 aromatic carbocycles. The minimum atomic E-state index is -7.17. The molecule has 0 N–H and O–H groups in total. The van der Waals surface area contributed by atoms with Crippen LogP contribution in [0.15, 0.2) is 22.0 Å². The van der Waals surface area contributed by atoms with E-state index in [0.717, 1.165) is 0 Å². The van der Waals surface area contributed by atoms with Crippen LogP contribution in [0.2, 0.25) is 0 Å². The molecule has 0 bridgehead atoms.